The molecule has 0 spiro atoms. The Balaban J connectivity index is 1.79. The molecule has 0 atom stereocenters. The molecule has 2 rings (SSSR count). The van der Waals surface area contributed by atoms with E-state index < -0.39 is 0 Å². The van der Waals surface area contributed by atoms with Crippen LogP contribution in [-0.2, 0) is 4.79 Å². The molecule has 0 saturated heterocycles. The van der Waals surface area contributed by atoms with Crippen molar-refractivity contribution in [3.63, 3.8) is 0 Å². The van der Waals surface area contributed by atoms with Gasteiger partial charge < -0.3 is 10.0 Å². The fraction of sp³-hybridized carbons (Fsp3) is 0.933. The van der Waals surface area contributed by atoms with Gasteiger partial charge >= 0.3 is 0 Å². The van der Waals surface area contributed by atoms with Crippen LogP contribution in [0.2, 0.25) is 0 Å². The lowest BCUT2D eigenvalue weighted by molar-refractivity contribution is -0.137. The van der Waals surface area contributed by atoms with E-state index in [-0.39, 0.29) is 5.92 Å². The number of rotatable bonds is 4. The first-order chi connectivity index (χ1) is 8.72. The Morgan fingerprint density at radius 2 is 1.72 bits per heavy atom. The molecular formula is C15H27NO2. The van der Waals surface area contributed by atoms with E-state index in [1.54, 1.807) is 0 Å². The van der Waals surface area contributed by atoms with Crippen LogP contribution >= 0.6 is 0 Å². The van der Waals surface area contributed by atoms with Gasteiger partial charge in [0.05, 0.1) is 0 Å². The highest BCUT2D eigenvalue weighted by molar-refractivity contribution is 5.79. The van der Waals surface area contributed by atoms with Gasteiger partial charge in [0.25, 0.3) is 0 Å². The molecule has 0 unspecified atom stereocenters. The van der Waals surface area contributed by atoms with Crippen LogP contribution in [0.3, 0.4) is 0 Å². The average Bonchev–Trinajstić information content (AvgIpc) is 2.92. The smallest absolute Gasteiger partial charge is 0.225 e. The minimum Gasteiger partial charge on any atom is -0.396 e. The Morgan fingerprint density at radius 1 is 1.11 bits per heavy atom. The fourth-order valence-electron chi connectivity index (χ4n) is 3.64. The van der Waals surface area contributed by atoms with E-state index in [1.807, 2.05) is 11.9 Å². The second-order valence-electron chi connectivity index (χ2n) is 6.12. The molecule has 2 fully saturated rings. The van der Waals surface area contributed by atoms with Gasteiger partial charge in [0.1, 0.15) is 0 Å². The van der Waals surface area contributed by atoms with Crippen LogP contribution in [0.5, 0.6) is 0 Å². The summed E-state index contributed by atoms with van der Waals surface area (Å²) in [6, 6.07) is 0.507. The summed E-state index contributed by atoms with van der Waals surface area (Å²) < 4.78 is 0. The fourth-order valence-corrected chi connectivity index (χ4v) is 3.64. The van der Waals surface area contributed by atoms with Crippen molar-refractivity contribution in [2.75, 3.05) is 13.7 Å². The molecular weight excluding hydrogens is 226 g/mol. The molecule has 0 aromatic rings. The molecule has 0 aromatic heterocycles. The van der Waals surface area contributed by atoms with Gasteiger partial charge in [-0.1, -0.05) is 12.8 Å². The molecule has 0 aromatic carbocycles. The number of hydrogen-bond acceptors (Lipinski definition) is 2. The zero-order valence-electron chi connectivity index (χ0n) is 11.6. The van der Waals surface area contributed by atoms with E-state index >= 15 is 0 Å². The molecule has 2 aliphatic rings. The second kappa shape index (κ2) is 6.55. The van der Waals surface area contributed by atoms with Crippen LogP contribution in [-0.4, -0.2) is 35.6 Å². The van der Waals surface area contributed by atoms with Crippen molar-refractivity contribution in [3.8, 4) is 0 Å². The van der Waals surface area contributed by atoms with Gasteiger partial charge in [0.2, 0.25) is 5.91 Å². The van der Waals surface area contributed by atoms with Crippen LogP contribution < -0.4 is 0 Å². The first-order valence-corrected chi connectivity index (χ1v) is 7.60. The Kier molecular flexibility index (Phi) is 5.04. The van der Waals surface area contributed by atoms with Gasteiger partial charge in [-0.3, -0.25) is 4.79 Å². The third kappa shape index (κ3) is 3.25. The minimum absolute atomic E-state index is 0.255. The summed E-state index contributed by atoms with van der Waals surface area (Å²) in [7, 11) is 2.00. The predicted octanol–water partition coefficient (Wildman–Crippen LogP) is 2.58. The molecule has 1 amide bonds. The molecule has 0 radical (unpaired) electrons. The summed E-state index contributed by atoms with van der Waals surface area (Å²) in [4.78, 5) is 14.5. The molecule has 0 aliphatic heterocycles. The van der Waals surface area contributed by atoms with Crippen molar-refractivity contribution < 1.29 is 9.90 Å². The zero-order chi connectivity index (χ0) is 13.0. The molecule has 0 heterocycles. The Labute approximate surface area is 111 Å². The SMILES string of the molecule is CN(C(=O)C1CCC(CCO)CC1)C1CCCC1. The number of aliphatic hydroxyl groups excluding tert-OH is 1. The summed E-state index contributed by atoms with van der Waals surface area (Å²) in [5, 5.41) is 8.95. The van der Waals surface area contributed by atoms with Gasteiger partial charge in [-0.15, -0.1) is 0 Å². The monoisotopic (exact) mass is 253 g/mol. The molecule has 2 aliphatic carbocycles. The van der Waals surface area contributed by atoms with Crippen LogP contribution in [0.15, 0.2) is 0 Å². The van der Waals surface area contributed by atoms with Crippen LogP contribution in [0.1, 0.15) is 57.8 Å². The van der Waals surface area contributed by atoms with Crippen molar-refractivity contribution in [1.29, 1.82) is 0 Å². The summed E-state index contributed by atoms with van der Waals surface area (Å²) in [6.07, 6.45) is 10.2. The van der Waals surface area contributed by atoms with E-state index in [0.29, 0.717) is 24.5 Å². The van der Waals surface area contributed by atoms with Crippen molar-refractivity contribution in [1.82, 2.24) is 4.90 Å². The van der Waals surface area contributed by atoms with E-state index in [0.717, 1.165) is 32.1 Å². The maximum absolute atomic E-state index is 12.4. The van der Waals surface area contributed by atoms with Gasteiger partial charge in [0, 0.05) is 25.6 Å². The third-order valence-corrected chi connectivity index (χ3v) is 4.95. The average molecular weight is 253 g/mol. The summed E-state index contributed by atoms with van der Waals surface area (Å²) in [6.45, 7) is 0.297. The lowest BCUT2D eigenvalue weighted by Gasteiger charge is -2.33. The first-order valence-electron chi connectivity index (χ1n) is 7.60. The number of carbonyl (C=O) groups is 1. The van der Waals surface area contributed by atoms with E-state index in [1.165, 1.54) is 25.7 Å². The highest BCUT2D eigenvalue weighted by atomic mass is 16.3. The molecule has 1 N–H and O–H groups in total. The molecule has 0 bridgehead atoms. The number of amides is 1. The van der Waals surface area contributed by atoms with Gasteiger partial charge in [-0.05, 0) is 50.9 Å². The molecule has 104 valence electrons. The minimum atomic E-state index is 0.255. The Morgan fingerprint density at radius 3 is 2.28 bits per heavy atom. The Bertz CT molecular complexity index is 266. The second-order valence-corrected chi connectivity index (χ2v) is 6.12. The molecule has 2 saturated carbocycles. The summed E-state index contributed by atoms with van der Waals surface area (Å²) in [5.74, 6) is 1.28. The van der Waals surface area contributed by atoms with Crippen LogP contribution in [0.4, 0.5) is 0 Å². The van der Waals surface area contributed by atoms with Crippen LogP contribution in [0, 0.1) is 11.8 Å². The number of carbonyl (C=O) groups excluding carboxylic acids is 1. The van der Waals surface area contributed by atoms with Gasteiger partial charge in [-0.2, -0.15) is 0 Å². The lowest BCUT2D eigenvalue weighted by Crippen LogP contribution is -2.40. The molecule has 3 heteroatoms. The van der Waals surface area contributed by atoms with Gasteiger partial charge in [0.15, 0.2) is 0 Å². The highest BCUT2D eigenvalue weighted by Crippen LogP contribution is 2.33. The van der Waals surface area contributed by atoms with Crippen molar-refractivity contribution in [3.05, 3.63) is 0 Å². The topological polar surface area (TPSA) is 40.5 Å². The quantitative estimate of drug-likeness (QED) is 0.836. The number of hydrogen-bond donors (Lipinski definition) is 1. The van der Waals surface area contributed by atoms with Crippen LogP contribution in [0.25, 0.3) is 0 Å². The normalized spacial score (nSPS) is 29.4. The third-order valence-electron chi connectivity index (χ3n) is 4.95. The number of aliphatic hydroxyl groups is 1. The van der Waals surface area contributed by atoms with Gasteiger partial charge in [-0.25, -0.2) is 0 Å². The lowest BCUT2D eigenvalue weighted by atomic mass is 9.80. The van der Waals surface area contributed by atoms with Crippen molar-refractivity contribution >= 4 is 5.91 Å². The summed E-state index contributed by atoms with van der Waals surface area (Å²) in [5.41, 5.74) is 0. The van der Waals surface area contributed by atoms with E-state index in [2.05, 4.69) is 0 Å². The Hall–Kier alpha value is -0.570. The van der Waals surface area contributed by atoms with Crippen molar-refractivity contribution in [2.45, 2.75) is 63.8 Å². The predicted molar refractivity (Wildman–Crippen MR) is 72.2 cm³/mol. The largest absolute Gasteiger partial charge is 0.396 e. The highest BCUT2D eigenvalue weighted by Gasteiger charge is 2.31. The first kappa shape index (κ1) is 13.9. The summed E-state index contributed by atoms with van der Waals surface area (Å²) >= 11 is 0. The number of nitrogens with zero attached hydrogens (tertiary/aromatic N) is 1. The van der Waals surface area contributed by atoms with E-state index in [9.17, 15) is 4.79 Å². The molecule has 3 nitrogen and oxygen atoms in total. The van der Waals surface area contributed by atoms with E-state index in [4.69, 9.17) is 5.11 Å². The maximum atomic E-state index is 12.4. The maximum Gasteiger partial charge on any atom is 0.225 e. The van der Waals surface area contributed by atoms with Crippen molar-refractivity contribution in [2.24, 2.45) is 11.8 Å². The zero-order valence-corrected chi connectivity index (χ0v) is 11.6. The standard InChI is InChI=1S/C15H27NO2/c1-16(14-4-2-3-5-14)15(18)13-8-6-12(7-9-13)10-11-17/h12-14,17H,2-11H2,1H3. The molecule has 18 heavy (non-hydrogen) atoms.